The number of fused-ring (bicyclic) bond motifs is 1. The highest BCUT2D eigenvalue weighted by atomic mass is 32.1. The van der Waals surface area contributed by atoms with Crippen molar-refractivity contribution < 1.29 is 19.0 Å². The van der Waals surface area contributed by atoms with Gasteiger partial charge in [0.2, 0.25) is 0 Å². The van der Waals surface area contributed by atoms with Crippen molar-refractivity contribution in [3.8, 4) is 11.5 Å². The highest BCUT2D eigenvalue weighted by molar-refractivity contribution is 7.08. The number of rotatable bonds is 0. The molecular weight excluding hydrogens is 204 g/mol. The first-order chi connectivity index (χ1) is 6.74. The predicted molar refractivity (Wildman–Crippen MR) is 53.0 cm³/mol. The molecule has 0 N–H and O–H groups in total. The summed E-state index contributed by atoms with van der Waals surface area (Å²) >= 11 is 1.61. The van der Waals surface area contributed by atoms with Gasteiger partial charge >= 0.3 is 5.97 Å². The summed E-state index contributed by atoms with van der Waals surface area (Å²) in [5.41, 5.74) is 0. The van der Waals surface area contributed by atoms with E-state index in [2.05, 4.69) is 4.74 Å². The molecule has 1 aromatic heterocycles. The molecule has 1 aromatic rings. The molecule has 0 atom stereocenters. The van der Waals surface area contributed by atoms with Gasteiger partial charge in [-0.15, -0.1) is 11.3 Å². The minimum Gasteiger partial charge on any atom is -0.485 e. The molecule has 1 aliphatic rings. The summed E-state index contributed by atoms with van der Waals surface area (Å²) in [6.07, 6.45) is 0. The second kappa shape index (κ2) is 5.49. The number of carbonyl (C=O) groups is 1. The van der Waals surface area contributed by atoms with Gasteiger partial charge < -0.3 is 14.2 Å². The smallest absolute Gasteiger partial charge is 0.302 e. The molecule has 0 saturated heterocycles. The highest BCUT2D eigenvalue weighted by Crippen LogP contribution is 2.33. The van der Waals surface area contributed by atoms with Crippen LogP contribution < -0.4 is 9.47 Å². The molecule has 0 aliphatic carbocycles. The van der Waals surface area contributed by atoms with Crippen LogP contribution in [0.2, 0.25) is 0 Å². The molecule has 1 aliphatic heterocycles. The van der Waals surface area contributed by atoms with Crippen molar-refractivity contribution in [3.05, 3.63) is 10.8 Å². The first-order valence-electron chi connectivity index (χ1n) is 4.10. The first kappa shape index (κ1) is 10.8. The number of ether oxygens (including phenoxy) is 3. The molecule has 2 heterocycles. The first-order valence-corrected chi connectivity index (χ1v) is 5.04. The lowest BCUT2D eigenvalue weighted by Gasteiger charge is -2.13. The van der Waals surface area contributed by atoms with E-state index in [4.69, 9.17) is 9.47 Å². The topological polar surface area (TPSA) is 44.8 Å². The zero-order chi connectivity index (χ0) is 10.4. The number of thiophene rings is 1. The van der Waals surface area contributed by atoms with Crippen LogP contribution in [0.25, 0.3) is 0 Å². The van der Waals surface area contributed by atoms with Gasteiger partial charge in [0, 0.05) is 17.7 Å². The van der Waals surface area contributed by atoms with Gasteiger partial charge in [-0.05, 0) is 0 Å². The van der Waals surface area contributed by atoms with Crippen molar-refractivity contribution >= 4 is 17.3 Å². The minimum atomic E-state index is -0.245. The second-order valence-electron chi connectivity index (χ2n) is 2.49. The van der Waals surface area contributed by atoms with Crippen molar-refractivity contribution in [1.29, 1.82) is 0 Å². The van der Waals surface area contributed by atoms with Crippen LogP contribution in [0.3, 0.4) is 0 Å². The molecule has 0 saturated carbocycles. The van der Waals surface area contributed by atoms with Crippen LogP contribution in [-0.2, 0) is 9.53 Å². The summed E-state index contributed by atoms with van der Waals surface area (Å²) in [6.45, 7) is 2.73. The van der Waals surface area contributed by atoms with Crippen LogP contribution in [-0.4, -0.2) is 26.3 Å². The fourth-order valence-electron chi connectivity index (χ4n) is 0.787. The van der Waals surface area contributed by atoms with Crippen LogP contribution >= 0.6 is 11.3 Å². The standard InChI is InChI=1S/C6H6O2S.C3H6O2/c1-2-8-6-4-9-3-5(6)7-1;1-3(4)5-2/h3-4H,1-2H2;1-2H3. The Morgan fingerprint density at radius 1 is 1.36 bits per heavy atom. The van der Waals surface area contributed by atoms with Gasteiger partial charge in [-0.25, -0.2) is 0 Å². The lowest BCUT2D eigenvalue weighted by molar-refractivity contribution is -0.137. The van der Waals surface area contributed by atoms with Gasteiger partial charge in [-0.3, -0.25) is 4.79 Å². The summed E-state index contributed by atoms with van der Waals surface area (Å²) < 4.78 is 14.6. The van der Waals surface area contributed by atoms with Gasteiger partial charge in [0.25, 0.3) is 0 Å². The third-order valence-corrected chi connectivity index (χ3v) is 2.18. The Kier molecular flexibility index (Phi) is 4.25. The molecule has 0 spiro atoms. The molecule has 0 amide bonds. The lowest BCUT2D eigenvalue weighted by atomic mass is 10.5. The van der Waals surface area contributed by atoms with E-state index in [1.165, 1.54) is 14.0 Å². The average molecular weight is 216 g/mol. The Morgan fingerprint density at radius 2 is 1.79 bits per heavy atom. The number of methoxy groups -OCH3 is 1. The van der Waals surface area contributed by atoms with E-state index in [9.17, 15) is 4.79 Å². The number of esters is 1. The highest BCUT2D eigenvalue weighted by Gasteiger charge is 2.10. The summed E-state index contributed by atoms with van der Waals surface area (Å²) in [7, 11) is 1.35. The maximum absolute atomic E-state index is 9.59. The normalized spacial score (nSPS) is 12.4. The van der Waals surface area contributed by atoms with E-state index < -0.39 is 0 Å². The minimum absolute atomic E-state index is 0.245. The molecule has 78 valence electrons. The van der Waals surface area contributed by atoms with Gasteiger partial charge in [-0.1, -0.05) is 0 Å². The summed E-state index contributed by atoms with van der Waals surface area (Å²) in [6, 6.07) is 0. The van der Waals surface area contributed by atoms with Gasteiger partial charge in [0.15, 0.2) is 11.5 Å². The number of hydrogen-bond acceptors (Lipinski definition) is 5. The van der Waals surface area contributed by atoms with Crippen molar-refractivity contribution in [2.75, 3.05) is 20.3 Å². The Bertz CT molecular complexity index is 274. The molecule has 0 radical (unpaired) electrons. The van der Waals surface area contributed by atoms with Crippen LogP contribution in [0.15, 0.2) is 10.8 Å². The van der Waals surface area contributed by atoms with Gasteiger partial charge in [0.05, 0.1) is 7.11 Å². The van der Waals surface area contributed by atoms with E-state index in [0.717, 1.165) is 11.5 Å². The molecule has 0 fully saturated rings. The number of carbonyl (C=O) groups excluding carboxylic acids is 1. The fraction of sp³-hybridized carbons (Fsp3) is 0.444. The van der Waals surface area contributed by atoms with E-state index in [1.807, 2.05) is 10.8 Å². The van der Waals surface area contributed by atoms with Crippen LogP contribution in [0.1, 0.15) is 6.92 Å². The van der Waals surface area contributed by atoms with Crippen LogP contribution in [0.5, 0.6) is 11.5 Å². The van der Waals surface area contributed by atoms with E-state index in [0.29, 0.717) is 13.2 Å². The van der Waals surface area contributed by atoms with Crippen LogP contribution in [0.4, 0.5) is 0 Å². The fourth-order valence-corrected chi connectivity index (χ4v) is 1.47. The Labute approximate surface area is 86.4 Å². The van der Waals surface area contributed by atoms with E-state index in [1.54, 1.807) is 11.3 Å². The van der Waals surface area contributed by atoms with E-state index >= 15 is 0 Å². The van der Waals surface area contributed by atoms with E-state index in [-0.39, 0.29) is 5.97 Å². The van der Waals surface area contributed by atoms with Crippen LogP contribution in [0, 0.1) is 0 Å². The maximum atomic E-state index is 9.59. The number of hydrogen-bond donors (Lipinski definition) is 0. The quantitative estimate of drug-likeness (QED) is 0.619. The monoisotopic (exact) mass is 216 g/mol. The Hall–Kier alpha value is -1.23. The Balaban J connectivity index is 0.000000171. The molecule has 5 heteroatoms. The van der Waals surface area contributed by atoms with Crippen molar-refractivity contribution in [3.63, 3.8) is 0 Å². The summed E-state index contributed by atoms with van der Waals surface area (Å²) in [5, 5.41) is 3.91. The zero-order valence-corrected chi connectivity index (χ0v) is 8.93. The third-order valence-electron chi connectivity index (χ3n) is 1.48. The molecular formula is C9H12O4S. The van der Waals surface area contributed by atoms with Crippen molar-refractivity contribution in [2.24, 2.45) is 0 Å². The molecule has 0 unspecified atom stereocenters. The maximum Gasteiger partial charge on any atom is 0.302 e. The van der Waals surface area contributed by atoms with Crippen molar-refractivity contribution in [2.45, 2.75) is 6.92 Å². The largest absolute Gasteiger partial charge is 0.485 e. The SMILES string of the molecule is COC(C)=O.c1scc2c1OCCO2. The Morgan fingerprint density at radius 3 is 2.14 bits per heavy atom. The molecule has 2 rings (SSSR count). The molecule has 0 bridgehead atoms. The van der Waals surface area contributed by atoms with Gasteiger partial charge in [-0.2, -0.15) is 0 Å². The van der Waals surface area contributed by atoms with Gasteiger partial charge in [0.1, 0.15) is 13.2 Å². The summed E-state index contributed by atoms with van der Waals surface area (Å²) in [5.74, 6) is 1.54. The second-order valence-corrected chi connectivity index (χ2v) is 3.24. The molecule has 4 nitrogen and oxygen atoms in total. The average Bonchev–Trinajstić information content (AvgIpc) is 2.66. The third kappa shape index (κ3) is 3.26. The summed E-state index contributed by atoms with van der Waals surface area (Å²) in [4.78, 5) is 9.59. The van der Waals surface area contributed by atoms with Crippen molar-refractivity contribution in [1.82, 2.24) is 0 Å². The predicted octanol–water partition coefficient (Wildman–Crippen LogP) is 1.70. The lowest BCUT2D eigenvalue weighted by Crippen LogP contribution is -2.13. The zero-order valence-electron chi connectivity index (χ0n) is 8.11. The molecule has 14 heavy (non-hydrogen) atoms. The molecule has 0 aromatic carbocycles.